The minimum atomic E-state index is 0.706. The molecule has 1 heterocycles. The topological polar surface area (TPSA) is 39.1 Å². The summed E-state index contributed by atoms with van der Waals surface area (Å²) in [5, 5.41) is 11.9. The molecule has 0 radical (unpaired) electrons. The first-order valence-corrected chi connectivity index (χ1v) is 6.16. The quantitative estimate of drug-likeness (QED) is 0.676. The standard InChI is InChI=1S/C12H23N3/c1-2-14-11-12-5-9-15(10-6-12)8-4-3-7-13/h12,14H,2-6,8-11H2,1H3. The van der Waals surface area contributed by atoms with Crippen LogP contribution in [0.25, 0.3) is 0 Å². The predicted octanol–water partition coefficient (Wildman–Crippen LogP) is 1.61. The Bertz CT molecular complexity index is 190. The van der Waals surface area contributed by atoms with Gasteiger partial charge < -0.3 is 10.2 Å². The van der Waals surface area contributed by atoms with Crippen molar-refractivity contribution >= 4 is 0 Å². The van der Waals surface area contributed by atoms with Gasteiger partial charge in [-0.3, -0.25) is 0 Å². The average Bonchev–Trinajstić information content (AvgIpc) is 2.28. The fraction of sp³-hybridized carbons (Fsp3) is 0.917. The average molecular weight is 209 g/mol. The monoisotopic (exact) mass is 209 g/mol. The van der Waals surface area contributed by atoms with Gasteiger partial charge in [0.15, 0.2) is 0 Å². The van der Waals surface area contributed by atoms with Crippen molar-refractivity contribution in [3.8, 4) is 6.07 Å². The van der Waals surface area contributed by atoms with E-state index in [1.165, 1.54) is 32.5 Å². The van der Waals surface area contributed by atoms with Crippen LogP contribution in [-0.2, 0) is 0 Å². The second-order valence-corrected chi connectivity index (χ2v) is 4.35. The third kappa shape index (κ3) is 5.15. The van der Waals surface area contributed by atoms with Crippen LogP contribution >= 0.6 is 0 Å². The van der Waals surface area contributed by atoms with E-state index in [4.69, 9.17) is 5.26 Å². The molecule has 0 saturated carbocycles. The largest absolute Gasteiger partial charge is 0.317 e. The minimum Gasteiger partial charge on any atom is -0.317 e. The van der Waals surface area contributed by atoms with E-state index in [1.807, 2.05) is 0 Å². The Hall–Kier alpha value is -0.590. The van der Waals surface area contributed by atoms with Crippen molar-refractivity contribution in [1.82, 2.24) is 10.2 Å². The highest BCUT2D eigenvalue weighted by molar-refractivity contribution is 4.75. The van der Waals surface area contributed by atoms with Crippen LogP contribution in [0.2, 0.25) is 0 Å². The van der Waals surface area contributed by atoms with Gasteiger partial charge in [0.25, 0.3) is 0 Å². The van der Waals surface area contributed by atoms with Gasteiger partial charge >= 0.3 is 0 Å². The van der Waals surface area contributed by atoms with Gasteiger partial charge in [0.2, 0.25) is 0 Å². The molecule has 1 aliphatic rings. The molecule has 1 fully saturated rings. The summed E-state index contributed by atoms with van der Waals surface area (Å²) >= 11 is 0. The fourth-order valence-electron chi connectivity index (χ4n) is 2.14. The smallest absolute Gasteiger partial charge is 0.0622 e. The molecular formula is C12H23N3. The van der Waals surface area contributed by atoms with Crippen LogP contribution in [0.3, 0.4) is 0 Å². The van der Waals surface area contributed by atoms with Crippen molar-refractivity contribution in [1.29, 1.82) is 5.26 Å². The molecule has 3 heteroatoms. The second-order valence-electron chi connectivity index (χ2n) is 4.35. The number of rotatable bonds is 6. The Kier molecular flexibility index (Phi) is 6.38. The van der Waals surface area contributed by atoms with Crippen molar-refractivity contribution in [3.05, 3.63) is 0 Å². The first-order valence-electron chi connectivity index (χ1n) is 6.16. The zero-order valence-electron chi connectivity index (χ0n) is 9.84. The molecule has 0 unspecified atom stereocenters. The predicted molar refractivity (Wildman–Crippen MR) is 62.6 cm³/mol. The van der Waals surface area contributed by atoms with Crippen LogP contribution in [0.4, 0.5) is 0 Å². The van der Waals surface area contributed by atoms with Crippen molar-refractivity contribution in [3.63, 3.8) is 0 Å². The number of likely N-dealkylation sites (tertiary alicyclic amines) is 1. The molecule has 0 aromatic carbocycles. The summed E-state index contributed by atoms with van der Waals surface area (Å²) in [6.45, 7) is 7.99. The lowest BCUT2D eigenvalue weighted by molar-refractivity contribution is 0.181. The third-order valence-electron chi connectivity index (χ3n) is 3.15. The van der Waals surface area contributed by atoms with E-state index < -0.39 is 0 Å². The molecule has 3 nitrogen and oxygen atoms in total. The third-order valence-corrected chi connectivity index (χ3v) is 3.15. The molecule has 0 spiro atoms. The molecule has 0 atom stereocenters. The van der Waals surface area contributed by atoms with E-state index in [0.717, 1.165) is 25.4 Å². The molecule has 86 valence electrons. The second kappa shape index (κ2) is 7.67. The lowest BCUT2D eigenvalue weighted by Gasteiger charge is -2.31. The van der Waals surface area contributed by atoms with Gasteiger partial charge in [0.1, 0.15) is 0 Å². The number of nitrogens with one attached hydrogen (secondary N) is 1. The normalized spacial score (nSPS) is 18.9. The highest BCUT2D eigenvalue weighted by atomic mass is 15.1. The lowest BCUT2D eigenvalue weighted by atomic mass is 9.96. The summed E-state index contributed by atoms with van der Waals surface area (Å²) in [6, 6.07) is 2.21. The number of nitrogens with zero attached hydrogens (tertiary/aromatic N) is 2. The number of nitriles is 1. The first kappa shape index (κ1) is 12.5. The number of piperidine rings is 1. The summed E-state index contributed by atoms with van der Waals surface area (Å²) in [6.07, 6.45) is 4.38. The van der Waals surface area contributed by atoms with Crippen molar-refractivity contribution in [2.75, 3.05) is 32.7 Å². The molecule has 0 bridgehead atoms. The lowest BCUT2D eigenvalue weighted by Crippen LogP contribution is -2.37. The Morgan fingerprint density at radius 2 is 2.13 bits per heavy atom. The number of unbranched alkanes of at least 4 members (excludes halogenated alkanes) is 1. The maximum atomic E-state index is 8.46. The van der Waals surface area contributed by atoms with Crippen LogP contribution < -0.4 is 5.32 Å². The van der Waals surface area contributed by atoms with Crippen LogP contribution in [0, 0.1) is 17.2 Å². The molecule has 1 saturated heterocycles. The highest BCUT2D eigenvalue weighted by Gasteiger charge is 2.17. The van der Waals surface area contributed by atoms with E-state index >= 15 is 0 Å². The Morgan fingerprint density at radius 3 is 2.73 bits per heavy atom. The van der Waals surface area contributed by atoms with Crippen LogP contribution in [-0.4, -0.2) is 37.6 Å². The van der Waals surface area contributed by atoms with Gasteiger partial charge in [0.05, 0.1) is 6.07 Å². The van der Waals surface area contributed by atoms with Gasteiger partial charge in [-0.1, -0.05) is 6.92 Å². The zero-order chi connectivity index (χ0) is 10.9. The SMILES string of the molecule is CCNCC1CCN(CCCC#N)CC1. The van der Waals surface area contributed by atoms with E-state index in [2.05, 4.69) is 23.2 Å². The summed E-state index contributed by atoms with van der Waals surface area (Å²) in [5.74, 6) is 0.872. The van der Waals surface area contributed by atoms with Crippen LogP contribution in [0.15, 0.2) is 0 Å². The molecular weight excluding hydrogens is 186 g/mol. The first-order chi connectivity index (χ1) is 7.36. The van der Waals surface area contributed by atoms with Crippen LogP contribution in [0.1, 0.15) is 32.6 Å². The van der Waals surface area contributed by atoms with E-state index in [0.29, 0.717) is 6.42 Å². The molecule has 0 aromatic heterocycles. The molecule has 15 heavy (non-hydrogen) atoms. The van der Waals surface area contributed by atoms with Crippen molar-refractivity contribution in [2.45, 2.75) is 32.6 Å². The summed E-state index contributed by atoms with van der Waals surface area (Å²) in [4.78, 5) is 2.50. The van der Waals surface area contributed by atoms with Gasteiger partial charge in [0, 0.05) is 6.42 Å². The van der Waals surface area contributed by atoms with Crippen molar-refractivity contribution < 1.29 is 0 Å². The van der Waals surface area contributed by atoms with Gasteiger partial charge in [-0.25, -0.2) is 0 Å². The summed E-state index contributed by atoms with van der Waals surface area (Å²) in [7, 11) is 0. The zero-order valence-corrected chi connectivity index (χ0v) is 9.84. The maximum Gasteiger partial charge on any atom is 0.0622 e. The number of hydrogen-bond donors (Lipinski definition) is 1. The molecule has 1 aliphatic heterocycles. The van der Waals surface area contributed by atoms with Gasteiger partial charge in [-0.05, 0) is 57.9 Å². The van der Waals surface area contributed by atoms with E-state index in [1.54, 1.807) is 0 Å². The van der Waals surface area contributed by atoms with Gasteiger partial charge in [-0.15, -0.1) is 0 Å². The molecule has 0 aliphatic carbocycles. The fourth-order valence-corrected chi connectivity index (χ4v) is 2.14. The highest BCUT2D eigenvalue weighted by Crippen LogP contribution is 2.16. The minimum absolute atomic E-state index is 0.706. The summed E-state index contributed by atoms with van der Waals surface area (Å²) in [5.41, 5.74) is 0. The summed E-state index contributed by atoms with van der Waals surface area (Å²) < 4.78 is 0. The van der Waals surface area contributed by atoms with E-state index in [9.17, 15) is 0 Å². The maximum absolute atomic E-state index is 8.46. The van der Waals surface area contributed by atoms with Gasteiger partial charge in [-0.2, -0.15) is 5.26 Å². The number of hydrogen-bond acceptors (Lipinski definition) is 3. The molecule has 0 amide bonds. The van der Waals surface area contributed by atoms with Crippen molar-refractivity contribution in [2.24, 2.45) is 5.92 Å². The Balaban J connectivity index is 2.05. The molecule has 0 aromatic rings. The van der Waals surface area contributed by atoms with Crippen LogP contribution in [0.5, 0.6) is 0 Å². The molecule has 1 rings (SSSR count). The van der Waals surface area contributed by atoms with E-state index in [-0.39, 0.29) is 0 Å². The Labute approximate surface area is 93.5 Å². The molecule has 1 N–H and O–H groups in total. The Morgan fingerprint density at radius 1 is 1.40 bits per heavy atom.